The van der Waals surface area contributed by atoms with Crippen molar-refractivity contribution in [3.8, 4) is 33.5 Å². The maximum Gasteiger partial charge on any atom is 0.227 e. The number of hydrogen-bond donors (Lipinski definition) is 0. The fourth-order valence-corrected chi connectivity index (χ4v) is 10.7. The average molecular weight is 777 g/mol. The highest BCUT2D eigenvalue weighted by atomic mass is 32.1. The molecule has 0 bridgehead atoms. The van der Waals surface area contributed by atoms with Gasteiger partial charge in [-0.05, 0) is 101 Å². The summed E-state index contributed by atoms with van der Waals surface area (Å²) < 4.78 is 11.4. The topological polar surface area (TPSA) is 29.3 Å². The monoisotopic (exact) mass is 776 g/mol. The third-order valence-corrected chi connectivity index (χ3v) is 13.6. The summed E-state index contributed by atoms with van der Waals surface area (Å²) in [4.78, 5) is 7.26. The Morgan fingerprint density at radius 1 is 0.345 bits per heavy atom. The Morgan fingerprint density at radius 2 is 0.776 bits per heavy atom. The number of benzene rings is 8. The Balaban J connectivity index is 0.911. The predicted molar refractivity (Wildman–Crippen MR) is 248 cm³/mol. The SMILES string of the molecule is c1ccc2c(c1)oc1nc(-c3ccc(N(c4ccc(-c5ccc6c(c5)sc5ccccc56)cc4)c4ccc(-c5ccc6c(c5)sc5ccccc56)cc4)cc3)ccc12. The van der Waals surface area contributed by atoms with Gasteiger partial charge in [-0.1, -0.05) is 115 Å². The number of rotatable bonds is 6. The summed E-state index contributed by atoms with van der Waals surface area (Å²) >= 11 is 3.71. The molecular weight excluding hydrogens is 745 g/mol. The smallest absolute Gasteiger partial charge is 0.227 e. The van der Waals surface area contributed by atoms with Crippen molar-refractivity contribution in [2.24, 2.45) is 0 Å². The highest BCUT2D eigenvalue weighted by Gasteiger charge is 2.16. The molecule has 0 aliphatic heterocycles. The molecule has 272 valence electrons. The van der Waals surface area contributed by atoms with Gasteiger partial charge in [-0.3, -0.25) is 0 Å². The van der Waals surface area contributed by atoms with Crippen molar-refractivity contribution in [1.82, 2.24) is 4.98 Å². The quantitative estimate of drug-likeness (QED) is 0.168. The van der Waals surface area contributed by atoms with Crippen molar-refractivity contribution < 1.29 is 4.42 Å². The van der Waals surface area contributed by atoms with Gasteiger partial charge < -0.3 is 9.32 Å². The lowest BCUT2D eigenvalue weighted by Crippen LogP contribution is -2.09. The third kappa shape index (κ3) is 5.51. The van der Waals surface area contributed by atoms with Gasteiger partial charge in [0.1, 0.15) is 5.58 Å². The fourth-order valence-electron chi connectivity index (χ4n) is 8.41. The maximum absolute atomic E-state index is 6.13. The number of nitrogens with zero attached hydrogens (tertiary/aromatic N) is 2. The van der Waals surface area contributed by atoms with Crippen molar-refractivity contribution >= 4 is 102 Å². The number of pyridine rings is 1. The lowest BCUT2D eigenvalue weighted by molar-refractivity contribution is 0.654. The molecule has 0 N–H and O–H groups in total. The van der Waals surface area contributed by atoms with Crippen molar-refractivity contribution in [1.29, 1.82) is 0 Å². The van der Waals surface area contributed by atoms with E-state index in [2.05, 4.69) is 181 Å². The molecule has 0 saturated carbocycles. The number of para-hydroxylation sites is 1. The van der Waals surface area contributed by atoms with E-state index < -0.39 is 0 Å². The van der Waals surface area contributed by atoms with E-state index >= 15 is 0 Å². The molecule has 12 aromatic rings. The van der Waals surface area contributed by atoms with E-state index in [1.807, 2.05) is 40.9 Å². The summed E-state index contributed by atoms with van der Waals surface area (Å²) in [5, 5.41) is 7.39. The second-order valence-corrected chi connectivity index (χ2v) is 16.9. The second kappa shape index (κ2) is 13.3. The van der Waals surface area contributed by atoms with Crippen LogP contribution < -0.4 is 4.90 Å². The van der Waals surface area contributed by atoms with E-state index in [1.54, 1.807) is 0 Å². The van der Waals surface area contributed by atoms with E-state index in [0.717, 1.165) is 44.7 Å². The van der Waals surface area contributed by atoms with Gasteiger partial charge in [-0.2, -0.15) is 0 Å². The van der Waals surface area contributed by atoms with Gasteiger partial charge in [0.15, 0.2) is 0 Å². The molecule has 0 unspecified atom stereocenters. The zero-order chi connectivity index (χ0) is 38.2. The first kappa shape index (κ1) is 33.1. The first-order valence-electron chi connectivity index (χ1n) is 19.4. The molecule has 0 atom stereocenters. The van der Waals surface area contributed by atoms with Gasteiger partial charge in [0.2, 0.25) is 5.71 Å². The summed E-state index contributed by atoms with van der Waals surface area (Å²) in [6, 6.07) is 69.9. The first-order valence-corrected chi connectivity index (χ1v) is 21.1. The van der Waals surface area contributed by atoms with Gasteiger partial charge in [0.25, 0.3) is 0 Å². The molecule has 0 aliphatic carbocycles. The molecule has 0 amide bonds. The van der Waals surface area contributed by atoms with Crippen LogP contribution in [-0.4, -0.2) is 4.98 Å². The highest BCUT2D eigenvalue weighted by Crippen LogP contribution is 2.41. The van der Waals surface area contributed by atoms with Crippen LogP contribution in [0.25, 0.3) is 95.9 Å². The van der Waals surface area contributed by atoms with E-state index in [1.165, 1.54) is 62.6 Å². The van der Waals surface area contributed by atoms with Crippen LogP contribution in [0.2, 0.25) is 0 Å². The van der Waals surface area contributed by atoms with Crippen LogP contribution in [-0.2, 0) is 0 Å². The maximum atomic E-state index is 6.13. The zero-order valence-corrected chi connectivity index (χ0v) is 32.7. The number of furan rings is 1. The summed E-state index contributed by atoms with van der Waals surface area (Å²) in [6.45, 7) is 0. The molecule has 3 nitrogen and oxygen atoms in total. The lowest BCUT2D eigenvalue weighted by atomic mass is 10.0. The number of fused-ring (bicyclic) bond motifs is 9. The molecule has 4 heterocycles. The Kier molecular flexibility index (Phi) is 7.58. The Morgan fingerprint density at radius 3 is 1.33 bits per heavy atom. The summed E-state index contributed by atoms with van der Waals surface area (Å²) in [5.41, 5.74) is 11.5. The molecule has 0 fully saturated rings. The molecule has 0 spiro atoms. The van der Waals surface area contributed by atoms with Gasteiger partial charge in [-0.15, -0.1) is 22.7 Å². The number of aromatic nitrogens is 1. The van der Waals surface area contributed by atoms with Crippen LogP contribution >= 0.6 is 22.7 Å². The molecule has 4 aromatic heterocycles. The van der Waals surface area contributed by atoms with E-state index in [9.17, 15) is 0 Å². The molecule has 8 aromatic carbocycles. The van der Waals surface area contributed by atoms with Crippen LogP contribution in [0.1, 0.15) is 0 Å². The molecule has 0 saturated heterocycles. The van der Waals surface area contributed by atoms with E-state index in [4.69, 9.17) is 9.40 Å². The molecular formula is C53H32N2OS2. The van der Waals surface area contributed by atoms with Crippen molar-refractivity contribution in [2.45, 2.75) is 0 Å². The standard InChI is InChI=1S/C53H32N2OS2/c1-4-10-48-41(7-1)46-29-30-47(54-53(46)56-48)35-17-25-40(26-18-35)55(38-21-13-33(14-22-38)36-19-27-44-42-8-2-5-11-49(42)57-51(44)31-36)39-23-15-34(16-24-39)37-20-28-45-43-9-3-6-12-50(43)58-52(45)32-37/h1-32H. The second-order valence-electron chi connectivity index (χ2n) is 14.7. The van der Waals surface area contributed by atoms with Gasteiger partial charge in [-0.25, -0.2) is 4.98 Å². The fraction of sp³-hybridized carbons (Fsp3) is 0. The van der Waals surface area contributed by atoms with Crippen LogP contribution in [0.4, 0.5) is 17.1 Å². The van der Waals surface area contributed by atoms with Crippen LogP contribution in [0.3, 0.4) is 0 Å². The average Bonchev–Trinajstić information content (AvgIpc) is 3.97. The van der Waals surface area contributed by atoms with Gasteiger partial charge in [0, 0.05) is 73.7 Å². The zero-order valence-electron chi connectivity index (χ0n) is 31.1. The van der Waals surface area contributed by atoms with Crippen molar-refractivity contribution in [3.63, 3.8) is 0 Å². The molecule has 0 aliphatic rings. The lowest BCUT2D eigenvalue weighted by Gasteiger charge is -2.26. The first-order chi connectivity index (χ1) is 28.7. The van der Waals surface area contributed by atoms with E-state index in [0.29, 0.717) is 5.71 Å². The Labute approximate surface area is 342 Å². The summed E-state index contributed by atoms with van der Waals surface area (Å²) in [6.07, 6.45) is 0. The van der Waals surface area contributed by atoms with Crippen molar-refractivity contribution in [3.05, 3.63) is 194 Å². The number of anilines is 3. The third-order valence-electron chi connectivity index (χ3n) is 11.3. The minimum Gasteiger partial charge on any atom is -0.438 e. The Bertz CT molecular complexity index is 3130. The number of hydrogen-bond acceptors (Lipinski definition) is 5. The predicted octanol–water partition coefficient (Wildman–Crippen LogP) is 16.2. The molecule has 12 rings (SSSR count). The molecule has 58 heavy (non-hydrogen) atoms. The van der Waals surface area contributed by atoms with Crippen LogP contribution in [0.15, 0.2) is 199 Å². The van der Waals surface area contributed by atoms with E-state index in [-0.39, 0.29) is 0 Å². The van der Waals surface area contributed by atoms with Gasteiger partial charge >= 0.3 is 0 Å². The number of thiophene rings is 2. The minimum atomic E-state index is 0.655. The summed E-state index contributed by atoms with van der Waals surface area (Å²) in [7, 11) is 0. The minimum absolute atomic E-state index is 0.655. The van der Waals surface area contributed by atoms with Crippen LogP contribution in [0.5, 0.6) is 0 Å². The highest BCUT2D eigenvalue weighted by molar-refractivity contribution is 7.26. The summed E-state index contributed by atoms with van der Waals surface area (Å²) in [5.74, 6) is 0. The van der Waals surface area contributed by atoms with Crippen molar-refractivity contribution in [2.75, 3.05) is 4.90 Å². The molecule has 0 radical (unpaired) electrons. The van der Waals surface area contributed by atoms with Crippen LogP contribution in [0, 0.1) is 0 Å². The largest absolute Gasteiger partial charge is 0.438 e. The van der Waals surface area contributed by atoms with Gasteiger partial charge in [0.05, 0.1) is 5.69 Å². The Hall–Kier alpha value is -7.05. The molecule has 5 heteroatoms. The normalized spacial score (nSPS) is 11.8.